The summed E-state index contributed by atoms with van der Waals surface area (Å²) in [5.74, 6) is -1.05. The number of anilines is 1. The zero-order valence-electron chi connectivity index (χ0n) is 17.8. The maximum absolute atomic E-state index is 11.5. The van der Waals surface area contributed by atoms with Crippen LogP contribution in [0.2, 0.25) is 5.28 Å². The van der Waals surface area contributed by atoms with E-state index in [1.807, 2.05) is 0 Å². The van der Waals surface area contributed by atoms with Crippen LogP contribution in [0.3, 0.4) is 0 Å². The largest absolute Gasteiger partial charge is 0.387 e. The molecule has 2 aromatic rings. The second-order valence-corrected chi connectivity index (χ2v) is 10.3. The first-order chi connectivity index (χ1) is 15.7. The van der Waals surface area contributed by atoms with Crippen molar-refractivity contribution >= 4 is 36.2 Å². The molecule has 2 aromatic heterocycles. The van der Waals surface area contributed by atoms with E-state index in [-0.39, 0.29) is 24.5 Å². The van der Waals surface area contributed by atoms with Gasteiger partial charge in [-0.3, -0.25) is 9.13 Å². The van der Waals surface area contributed by atoms with Gasteiger partial charge in [0.05, 0.1) is 19.5 Å². The van der Waals surface area contributed by atoms with Crippen LogP contribution in [-0.4, -0.2) is 90.0 Å². The maximum atomic E-state index is 11.5. The molecule has 1 unspecified atom stereocenters. The second-order valence-electron chi connectivity index (χ2n) is 8.17. The Hall–Kier alpha value is -1.41. The third kappa shape index (κ3) is 5.31. The van der Waals surface area contributed by atoms with Crippen molar-refractivity contribution in [2.24, 2.45) is 0 Å². The summed E-state index contributed by atoms with van der Waals surface area (Å²) in [5, 5.41) is 24.4. The van der Waals surface area contributed by atoms with Crippen LogP contribution in [0.15, 0.2) is 6.33 Å². The van der Waals surface area contributed by atoms with Crippen molar-refractivity contribution in [1.82, 2.24) is 19.5 Å². The Balaban J connectivity index is 1.53. The fraction of sp³-hybridized carbons (Fsp3) is 0.722. The number of nitrogens with zero attached hydrogens (tertiary/aromatic N) is 4. The van der Waals surface area contributed by atoms with Crippen LogP contribution < -0.4 is 5.32 Å². The number of aliphatic hydroxyl groups is 2. The molecular formula is C18H27ClN5O8P. The molecule has 0 amide bonds. The van der Waals surface area contributed by atoms with Crippen LogP contribution in [0.5, 0.6) is 0 Å². The van der Waals surface area contributed by atoms with Gasteiger partial charge in [-0.2, -0.15) is 9.97 Å². The molecule has 2 aliphatic rings. The number of hydrogen-bond donors (Lipinski definition) is 5. The number of fused-ring (bicyclic) bond motifs is 1. The molecule has 15 heteroatoms. The number of aliphatic hydroxyl groups excluding tert-OH is 2. The van der Waals surface area contributed by atoms with E-state index >= 15 is 0 Å². The van der Waals surface area contributed by atoms with Crippen LogP contribution in [0.4, 0.5) is 5.82 Å². The molecule has 33 heavy (non-hydrogen) atoms. The molecule has 1 saturated carbocycles. The van der Waals surface area contributed by atoms with Crippen LogP contribution in [0, 0.1) is 0 Å². The van der Waals surface area contributed by atoms with Gasteiger partial charge in [-0.1, -0.05) is 12.8 Å². The second kappa shape index (κ2) is 10.1. The number of aromatic nitrogens is 4. The Bertz CT molecular complexity index is 1020. The summed E-state index contributed by atoms with van der Waals surface area (Å²) >= 11 is 6.13. The van der Waals surface area contributed by atoms with E-state index in [4.69, 9.17) is 25.8 Å². The van der Waals surface area contributed by atoms with Gasteiger partial charge in [0.25, 0.3) is 0 Å². The van der Waals surface area contributed by atoms with Gasteiger partial charge in [-0.15, -0.1) is 0 Å². The van der Waals surface area contributed by atoms with Gasteiger partial charge in [0.1, 0.15) is 18.3 Å². The number of ether oxygens (including phenoxy) is 3. The van der Waals surface area contributed by atoms with Crippen LogP contribution in [-0.2, 0) is 18.8 Å². The van der Waals surface area contributed by atoms with Crippen LogP contribution in [0.25, 0.3) is 11.2 Å². The molecule has 0 radical (unpaired) electrons. The molecule has 1 saturated heterocycles. The first-order valence-electron chi connectivity index (χ1n) is 10.5. The Labute approximate surface area is 194 Å². The first kappa shape index (κ1) is 24.7. The lowest BCUT2D eigenvalue weighted by Gasteiger charge is -2.21. The molecule has 4 rings (SSSR count). The van der Waals surface area contributed by atoms with Gasteiger partial charge in [0.2, 0.25) is 5.28 Å². The van der Waals surface area contributed by atoms with Gasteiger partial charge in [-0.05, 0) is 24.4 Å². The topological polar surface area (TPSA) is 181 Å². The minimum absolute atomic E-state index is 0.0123. The summed E-state index contributed by atoms with van der Waals surface area (Å²) < 4.78 is 28.8. The number of rotatable bonds is 9. The predicted molar refractivity (Wildman–Crippen MR) is 116 cm³/mol. The molecule has 3 heterocycles. The highest BCUT2D eigenvalue weighted by Crippen LogP contribution is 2.42. The van der Waals surface area contributed by atoms with Gasteiger partial charge in [0.15, 0.2) is 29.1 Å². The number of imidazole rings is 1. The molecule has 184 valence electrons. The fourth-order valence-corrected chi connectivity index (χ4v) is 4.92. The van der Waals surface area contributed by atoms with Crippen LogP contribution >= 0.6 is 19.2 Å². The highest BCUT2D eigenvalue weighted by molar-refractivity contribution is 7.52. The van der Waals surface area contributed by atoms with Gasteiger partial charge >= 0.3 is 7.60 Å². The zero-order chi connectivity index (χ0) is 23.8. The monoisotopic (exact) mass is 507 g/mol. The minimum Gasteiger partial charge on any atom is -0.387 e. The van der Waals surface area contributed by atoms with E-state index in [1.54, 1.807) is 0 Å². The highest BCUT2D eigenvalue weighted by Gasteiger charge is 2.45. The van der Waals surface area contributed by atoms with Gasteiger partial charge in [0, 0.05) is 13.2 Å². The van der Waals surface area contributed by atoms with Crippen molar-refractivity contribution in [3.05, 3.63) is 11.6 Å². The highest BCUT2D eigenvalue weighted by atomic mass is 35.5. The van der Waals surface area contributed by atoms with Crippen molar-refractivity contribution in [3.63, 3.8) is 0 Å². The minimum atomic E-state index is -4.60. The summed E-state index contributed by atoms with van der Waals surface area (Å²) in [7, 11) is -3.33. The van der Waals surface area contributed by atoms with E-state index in [1.165, 1.54) is 18.0 Å². The SMILES string of the molecule is COCC(OC[C@H]1O[C@@H](n2cnc3c(NC4CCCC4)nc(Cl)nc32)[C@H](O)[C@@H]1O)P(=O)(O)O. The van der Waals surface area contributed by atoms with E-state index < -0.39 is 38.0 Å². The standard InChI is InChI=1S/C18H27ClN5O8P/c1-30-7-11(33(27,28)29)31-6-10-13(25)14(26)17(32-10)24-8-20-12-15(21-9-4-2-3-5-9)22-18(19)23-16(12)24/h8-11,13-14,17,25-26H,2-7H2,1H3,(H,21,22,23)(H2,27,28,29)/t10-,11?,13-,14-,17-/m1/s1. The van der Waals surface area contributed by atoms with Gasteiger partial charge in [-0.25, -0.2) is 4.98 Å². The summed E-state index contributed by atoms with van der Waals surface area (Å²) in [6, 6.07) is 0.259. The predicted octanol–water partition coefficient (Wildman–Crippen LogP) is 0.620. The summed E-state index contributed by atoms with van der Waals surface area (Å²) in [5.41, 5.74) is 0.749. The number of methoxy groups -OCH3 is 1. The average Bonchev–Trinajstić information content (AvgIpc) is 3.46. The molecule has 0 spiro atoms. The number of halogens is 1. The molecule has 5 atom stereocenters. The molecule has 0 bridgehead atoms. The van der Waals surface area contributed by atoms with Crippen molar-refractivity contribution in [2.45, 2.75) is 62.1 Å². The van der Waals surface area contributed by atoms with E-state index in [9.17, 15) is 24.6 Å². The first-order valence-corrected chi connectivity index (χ1v) is 12.6. The third-order valence-corrected chi connectivity index (χ3v) is 7.06. The quantitative estimate of drug-likeness (QED) is 0.236. The Morgan fingerprint density at radius 1 is 1.30 bits per heavy atom. The lowest BCUT2D eigenvalue weighted by atomic mass is 10.1. The fourth-order valence-electron chi connectivity index (χ4n) is 4.13. The van der Waals surface area contributed by atoms with Crippen molar-refractivity contribution in [3.8, 4) is 0 Å². The van der Waals surface area contributed by atoms with E-state index in [2.05, 4.69) is 20.3 Å². The Morgan fingerprint density at radius 3 is 2.70 bits per heavy atom. The smallest absolute Gasteiger partial charge is 0.356 e. The third-order valence-electron chi connectivity index (χ3n) is 5.84. The molecule has 2 fully saturated rings. The normalized spacial score (nSPS) is 27.5. The maximum Gasteiger partial charge on any atom is 0.356 e. The van der Waals surface area contributed by atoms with Crippen molar-refractivity contribution in [2.75, 3.05) is 25.6 Å². The van der Waals surface area contributed by atoms with E-state index in [0.29, 0.717) is 17.0 Å². The van der Waals surface area contributed by atoms with Crippen molar-refractivity contribution in [1.29, 1.82) is 0 Å². The van der Waals surface area contributed by atoms with Gasteiger partial charge < -0.3 is 39.5 Å². The molecular weight excluding hydrogens is 481 g/mol. The average molecular weight is 508 g/mol. The molecule has 5 N–H and O–H groups in total. The Morgan fingerprint density at radius 2 is 2.03 bits per heavy atom. The molecule has 13 nitrogen and oxygen atoms in total. The molecule has 1 aliphatic heterocycles. The van der Waals surface area contributed by atoms with E-state index in [0.717, 1.165) is 25.7 Å². The summed E-state index contributed by atoms with van der Waals surface area (Å²) in [6.07, 6.45) is 0.772. The Kier molecular flexibility index (Phi) is 7.53. The summed E-state index contributed by atoms with van der Waals surface area (Å²) in [4.78, 5) is 31.6. The number of nitrogens with one attached hydrogen (secondary N) is 1. The molecule has 0 aromatic carbocycles. The summed E-state index contributed by atoms with van der Waals surface area (Å²) in [6.45, 7) is -0.734. The lowest BCUT2D eigenvalue weighted by molar-refractivity contribution is -0.0795. The molecule has 1 aliphatic carbocycles. The zero-order valence-corrected chi connectivity index (χ0v) is 19.5. The lowest BCUT2D eigenvalue weighted by Crippen LogP contribution is -2.35. The van der Waals surface area contributed by atoms with Crippen molar-refractivity contribution < 1.29 is 38.8 Å². The number of hydrogen-bond acceptors (Lipinski definition) is 10. The van der Waals surface area contributed by atoms with Crippen LogP contribution in [0.1, 0.15) is 31.9 Å².